The molecule has 0 aromatic heterocycles. The van der Waals surface area contributed by atoms with Crippen molar-refractivity contribution in [2.24, 2.45) is 0 Å². The van der Waals surface area contributed by atoms with Crippen LogP contribution in [0.15, 0.2) is 24.3 Å². The van der Waals surface area contributed by atoms with Gasteiger partial charge in [-0.3, -0.25) is 9.69 Å². The molecule has 0 saturated heterocycles. The highest BCUT2D eigenvalue weighted by Crippen LogP contribution is 2.05. The third-order valence-corrected chi connectivity index (χ3v) is 2.81. The van der Waals surface area contributed by atoms with E-state index >= 15 is 0 Å². The molecule has 0 spiro atoms. The van der Waals surface area contributed by atoms with Crippen molar-refractivity contribution in [3.63, 3.8) is 0 Å². The molecule has 0 aliphatic rings. The normalized spacial score (nSPS) is 11.2. The van der Waals surface area contributed by atoms with Crippen LogP contribution in [-0.4, -0.2) is 41.5 Å². The summed E-state index contributed by atoms with van der Waals surface area (Å²) in [6, 6.07) is 6.18. The summed E-state index contributed by atoms with van der Waals surface area (Å²) in [5, 5.41) is 8.92. The van der Waals surface area contributed by atoms with Gasteiger partial charge in [-0.15, -0.1) is 0 Å². The molecular formula is C14H20FNO2. The van der Waals surface area contributed by atoms with E-state index in [1.54, 1.807) is 12.1 Å². The van der Waals surface area contributed by atoms with Crippen LogP contribution in [0.4, 0.5) is 4.39 Å². The third-order valence-electron chi connectivity index (χ3n) is 2.81. The Morgan fingerprint density at radius 3 is 2.44 bits per heavy atom. The van der Waals surface area contributed by atoms with Crippen LogP contribution in [0.1, 0.15) is 19.4 Å². The fourth-order valence-corrected chi connectivity index (χ4v) is 1.76. The predicted molar refractivity (Wildman–Crippen MR) is 68.9 cm³/mol. The van der Waals surface area contributed by atoms with Crippen LogP contribution >= 0.6 is 0 Å². The van der Waals surface area contributed by atoms with Gasteiger partial charge in [0.15, 0.2) is 5.78 Å². The van der Waals surface area contributed by atoms with Crippen LogP contribution in [0.25, 0.3) is 0 Å². The number of carbonyl (C=O) groups is 1. The maximum absolute atomic E-state index is 12.7. The van der Waals surface area contributed by atoms with E-state index in [1.807, 2.05) is 18.7 Å². The largest absolute Gasteiger partial charge is 0.395 e. The summed E-state index contributed by atoms with van der Waals surface area (Å²) >= 11 is 0. The van der Waals surface area contributed by atoms with Crippen molar-refractivity contribution in [1.82, 2.24) is 4.90 Å². The molecule has 1 aromatic carbocycles. The molecule has 1 N–H and O–H groups in total. The molecule has 100 valence electrons. The van der Waals surface area contributed by atoms with Gasteiger partial charge in [-0.1, -0.05) is 12.1 Å². The van der Waals surface area contributed by atoms with Crippen LogP contribution in [0.5, 0.6) is 0 Å². The Labute approximate surface area is 107 Å². The number of Topliss-reactive ketones (excluding diaryl/α,β-unsaturated/α-hetero) is 1. The maximum atomic E-state index is 12.7. The first-order chi connectivity index (χ1) is 8.52. The molecule has 0 radical (unpaired) electrons. The van der Waals surface area contributed by atoms with E-state index in [4.69, 9.17) is 5.11 Å². The van der Waals surface area contributed by atoms with Crippen molar-refractivity contribution in [3.05, 3.63) is 35.6 Å². The van der Waals surface area contributed by atoms with Gasteiger partial charge >= 0.3 is 0 Å². The van der Waals surface area contributed by atoms with E-state index in [0.717, 1.165) is 5.56 Å². The van der Waals surface area contributed by atoms with Gasteiger partial charge in [-0.25, -0.2) is 4.39 Å². The Morgan fingerprint density at radius 1 is 1.33 bits per heavy atom. The molecule has 0 bridgehead atoms. The Balaban J connectivity index is 2.52. The van der Waals surface area contributed by atoms with Crippen LogP contribution in [-0.2, 0) is 11.2 Å². The van der Waals surface area contributed by atoms with Crippen LogP contribution in [0.2, 0.25) is 0 Å². The van der Waals surface area contributed by atoms with Gasteiger partial charge in [0.2, 0.25) is 0 Å². The Bertz CT molecular complexity index is 376. The molecule has 0 aliphatic carbocycles. The molecule has 0 fully saturated rings. The number of aliphatic hydroxyl groups is 1. The Morgan fingerprint density at radius 2 is 1.94 bits per heavy atom. The summed E-state index contributed by atoms with van der Waals surface area (Å²) in [6.45, 7) is 4.83. The molecule has 3 nitrogen and oxygen atoms in total. The van der Waals surface area contributed by atoms with Gasteiger partial charge in [0.05, 0.1) is 13.2 Å². The number of benzene rings is 1. The molecule has 18 heavy (non-hydrogen) atoms. The number of ketones is 1. The summed E-state index contributed by atoms with van der Waals surface area (Å²) in [6.07, 6.45) is 0.301. The quantitative estimate of drug-likeness (QED) is 0.803. The first-order valence-electron chi connectivity index (χ1n) is 6.14. The average Bonchev–Trinajstić information content (AvgIpc) is 2.31. The minimum atomic E-state index is -0.296. The molecular weight excluding hydrogens is 233 g/mol. The van der Waals surface area contributed by atoms with Gasteiger partial charge < -0.3 is 5.11 Å². The molecule has 0 aliphatic heterocycles. The van der Waals surface area contributed by atoms with Crippen molar-refractivity contribution in [3.8, 4) is 0 Å². The van der Waals surface area contributed by atoms with Gasteiger partial charge in [0.1, 0.15) is 5.82 Å². The maximum Gasteiger partial charge on any atom is 0.151 e. The minimum Gasteiger partial charge on any atom is -0.395 e. The van der Waals surface area contributed by atoms with Gasteiger partial charge in [-0.05, 0) is 31.5 Å². The zero-order valence-electron chi connectivity index (χ0n) is 10.9. The summed E-state index contributed by atoms with van der Waals surface area (Å²) in [7, 11) is 0. The molecule has 1 rings (SSSR count). The lowest BCUT2D eigenvalue weighted by Crippen LogP contribution is -2.38. The van der Waals surface area contributed by atoms with Crippen LogP contribution in [0.3, 0.4) is 0 Å². The second kappa shape index (κ2) is 7.24. The summed E-state index contributed by atoms with van der Waals surface area (Å²) in [4.78, 5) is 13.8. The van der Waals surface area contributed by atoms with E-state index < -0.39 is 0 Å². The molecule has 1 aromatic rings. The standard InChI is InChI=1S/C14H20FNO2/c1-11(2)16(7-8-17)10-14(18)9-12-3-5-13(15)6-4-12/h3-6,11,17H,7-10H2,1-2H3. The minimum absolute atomic E-state index is 0.0437. The molecule has 0 saturated carbocycles. The Kier molecular flexibility index (Phi) is 5.95. The number of nitrogens with zero attached hydrogens (tertiary/aromatic N) is 1. The van der Waals surface area contributed by atoms with E-state index in [1.165, 1.54) is 12.1 Å². The molecule has 0 atom stereocenters. The summed E-state index contributed by atoms with van der Waals surface area (Å²) in [5.74, 6) is -0.223. The van der Waals surface area contributed by atoms with Gasteiger partial charge in [-0.2, -0.15) is 0 Å². The van der Waals surface area contributed by atoms with Crippen molar-refractivity contribution in [2.75, 3.05) is 19.7 Å². The molecule has 0 unspecified atom stereocenters. The van der Waals surface area contributed by atoms with E-state index in [9.17, 15) is 9.18 Å². The smallest absolute Gasteiger partial charge is 0.151 e. The molecule has 4 heteroatoms. The summed E-state index contributed by atoms with van der Waals surface area (Å²) < 4.78 is 12.7. The van der Waals surface area contributed by atoms with E-state index in [2.05, 4.69) is 0 Å². The fraction of sp³-hybridized carbons (Fsp3) is 0.500. The van der Waals surface area contributed by atoms with Gasteiger partial charge in [0, 0.05) is 19.0 Å². The molecule has 0 amide bonds. The summed E-state index contributed by atoms with van der Waals surface area (Å²) in [5.41, 5.74) is 0.814. The van der Waals surface area contributed by atoms with Crippen molar-refractivity contribution < 1.29 is 14.3 Å². The van der Waals surface area contributed by atoms with Crippen molar-refractivity contribution in [2.45, 2.75) is 26.3 Å². The van der Waals surface area contributed by atoms with Crippen molar-refractivity contribution in [1.29, 1.82) is 0 Å². The first-order valence-corrected chi connectivity index (χ1v) is 6.14. The number of hydrogen-bond acceptors (Lipinski definition) is 3. The van der Waals surface area contributed by atoms with E-state index in [0.29, 0.717) is 19.5 Å². The monoisotopic (exact) mass is 253 g/mol. The lowest BCUT2D eigenvalue weighted by Gasteiger charge is -2.24. The number of hydrogen-bond donors (Lipinski definition) is 1. The number of rotatable bonds is 7. The predicted octanol–water partition coefficient (Wildman–Crippen LogP) is 1.64. The topological polar surface area (TPSA) is 40.5 Å². The number of aliphatic hydroxyl groups excluding tert-OH is 1. The highest BCUT2D eigenvalue weighted by atomic mass is 19.1. The number of halogens is 1. The average molecular weight is 253 g/mol. The van der Waals surface area contributed by atoms with Crippen LogP contribution < -0.4 is 0 Å². The van der Waals surface area contributed by atoms with Gasteiger partial charge in [0.25, 0.3) is 0 Å². The van der Waals surface area contributed by atoms with Crippen molar-refractivity contribution >= 4 is 5.78 Å². The van der Waals surface area contributed by atoms with E-state index in [-0.39, 0.29) is 24.2 Å². The zero-order chi connectivity index (χ0) is 13.5. The second-order valence-electron chi connectivity index (χ2n) is 4.63. The third kappa shape index (κ3) is 4.94. The second-order valence-corrected chi connectivity index (χ2v) is 4.63. The zero-order valence-corrected chi connectivity index (χ0v) is 10.9. The lowest BCUT2D eigenvalue weighted by atomic mass is 10.1. The Hall–Kier alpha value is -1.26. The highest BCUT2D eigenvalue weighted by molar-refractivity contribution is 5.82. The fourth-order valence-electron chi connectivity index (χ4n) is 1.76. The number of carbonyl (C=O) groups excluding carboxylic acids is 1. The lowest BCUT2D eigenvalue weighted by molar-refractivity contribution is -0.120. The van der Waals surface area contributed by atoms with Crippen LogP contribution in [0, 0.1) is 5.82 Å². The highest BCUT2D eigenvalue weighted by Gasteiger charge is 2.13. The molecule has 0 heterocycles. The first kappa shape index (κ1) is 14.8. The SMILES string of the molecule is CC(C)N(CCO)CC(=O)Cc1ccc(F)cc1.